The van der Waals surface area contributed by atoms with Gasteiger partial charge in [0, 0.05) is 6.07 Å². The molecule has 7 nitrogen and oxygen atoms in total. The maximum absolute atomic E-state index is 12.1. The molecule has 0 saturated carbocycles. The summed E-state index contributed by atoms with van der Waals surface area (Å²) in [6.45, 7) is 3.28. The second-order valence-corrected chi connectivity index (χ2v) is 6.41. The molecule has 2 aromatic heterocycles. The predicted molar refractivity (Wildman–Crippen MR) is 90.8 cm³/mol. The van der Waals surface area contributed by atoms with Gasteiger partial charge in [-0.3, -0.25) is 9.59 Å². The molecule has 24 heavy (non-hydrogen) atoms. The van der Waals surface area contributed by atoms with Gasteiger partial charge in [-0.15, -0.1) is 11.3 Å². The van der Waals surface area contributed by atoms with Crippen molar-refractivity contribution >= 4 is 23.2 Å². The molecule has 1 amide bonds. The highest BCUT2D eigenvalue weighted by Crippen LogP contribution is 2.21. The topological polar surface area (TPSA) is 101 Å². The van der Waals surface area contributed by atoms with Crippen molar-refractivity contribution in [3.05, 3.63) is 40.0 Å². The summed E-state index contributed by atoms with van der Waals surface area (Å²) in [5.74, 6) is -1.86. The van der Waals surface area contributed by atoms with E-state index in [1.54, 1.807) is 13.0 Å². The molecular weight excluding hydrogens is 330 g/mol. The standard InChI is InChI=1S/C16H19N3O4S/c1-3-10(2)15(16(22)23)17-13(20)9-19-14(21)7-6-11(18-19)12-5-4-8-24-12/h4-8,10,15H,3,9H2,1-2H3,(H,17,20)(H,22,23)/t10-,15-/m1/s1. The molecule has 128 valence electrons. The molecule has 0 aliphatic carbocycles. The van der Waals surface area contributed by atoms with Crippen LogP contribution in [0.4, 0.5) is 0 Å². The van der Waals surface area contributed by atoms with E-state index in [1.165, 1.54) is 17.4 Å². The summed E-state index contributed by atoms with van der Waals surface area (Å²) in [4.78, 5) is 36.2. The van der Waals surface area contributed by atoms with Gasteiger partial charge in [0.2, 0.25) is 5.91 Å². The Kier molecular flexibility index (Phi) is 5.86. The monoisotopic (exact) mass is 349 g/mol. The number of rotatable bonds is 7. The Hall–Kier alpha value is -2.48. The van der Waals surface area contributed by atoms with Crippen molar-refractivity contribution in [1.29, 1.82) is 0 Å². The number of aliphatic carboxylic acids is 1. The first-order valence-electron chi connectivity index (χ1n) is 7.56. The summed E-state index contributed by atoms with van der Waals surface area (Å²) in [6, 6.07) is 5.69. The van der Waals surface area contributed by atoms with E-state index < -0.39 is 23.5 Å². The van der Waals surface area contributed by atoms with Gasteiger partial charge < -0.3 is 10.4 Å². The van der Waals surface area contributed by atoms with E-state index in [2.05, 4.69) is 10.4 Å². The van der Waals surface area contributed by atoms with Crippen LogP contribution in [0.15, 0.2) is 34.4 Å². The van der Waals surface area contributed by atoms with Crippen LogP contribution in [0, 0.1) is 5.92 Å². The molecule has 2 N–H and O–H groups in total. The minimum absolute atomic E-state index is 0.214. The number of hydrogen-bond donors (Lipinski definition) is 2. The number of thiophene rings is 1. The van der Waals surface area contributed by atoms with Crippen molar-refractivity contribution in [1.82, 2.24) is 15.1 Å². The Balaban J connectivity index is 2.15. The van der Waals surface area contributed by atoms with Gasteiger partial charge >= 0.3 is 5.97 Å². The SMILES string of the molecule is CC[C@@H](C)[C@@H](NC(=O)Cn1nc(-c2cccs2)ccc1=O)C(=O)O. The van der Waals surface area contributed by atoms with Crippen LogP contribution >= 0.6 is 11.3 Å². The summed E-state index contributed by atoms with van der Waals surface area (Å²) in [5.41, 5.74) is 0.176. The largest absolute Gasteiger partial charge is 0.480 e. The number of amides is 1. The molecule has 2 rings (SSSR count). The van der Waals surface area contributed by atoms with Gasteiger partial charge in [-0.05, 0) is 23.4 Å². The zero-order chi connectivity index (χ0) is 17.7. The number of nitrogens with zero attached hydrogens (tertiary/aromatic N) is 2. The number of hydrogen-bond acceptors (Lipinski definition) is 5. The molecule has 0 radical (unpaired) electrons. The van der Waals surface area contributed by atoms with Crippen LogP contribution in [0.5, 0.6) is 0 Å². The predicted octanol–water partition coefficient (Wildman–Crippen LogP) is 1.59. The Morgan fingerprint density at radius 2 is 2.12 bits per heavy atom. The van der Waals surface area contributed by atoms with Crippen molar-refractivity contribution in [3.63, 3.8) is 0 Å². The molecule has 0 aliphatic heterocycles. The van der Waals surface area contributed by atoms with E-state index in [0.29, 0.717) is 12.1 Å². The zero-order valence-corrected chi connectivity index (χ0v) is 14.2. The van der Waals surface area contributed by atoms with Crippen LogP contribution in [-0.2, 0) is 16.1 Å². The summed E-state index contributed by atoms with van der Waals surface area (Å²) < 4.78 is 1.04. The fraction of sp³-hybridized carbons (Fsp3) is 0.375. The summed E-state index contributed by atoms with van der Waals surface area (Å²) in [5, 5.41) is 17.7. The number of aromatic nitrogens is 2. The number of nitrogens with one attached hydrogen (secondary N) is 1. The van der Waals surface area contributed by atoms with E-state index in [0.717, 1.165) is 9.56 Å². The number of carboxylic acids is 1. The van der Waals surface area contributed by atoms with E-state index in [1.807, 2.05) is 24.4 Å². The molecule has 8 heteroatoms. The number of carbonyl (C=O) groups excluding carboxylic acids is 1. The van der Waals surface area contributed by atoms with Crippen molar-refractivity contribution < 1.29 is 14.7 Å². The summed E-state index contributed by atoms with van der Waals surface area (Å²) in [7, 11) is 0. The van der Waals surface area contributed by atoms with E-state index in [4.69, 9.17) is 0 Å². The lowest BCUT2D eigenvalue weighted by molar-refractivity contribution is -0.143. The first-order chi connectivity index (χ1) is 11.4. The normalized spacial score (nSPS) is 13.2. The first-order valence-corrected chi connectivity index (χ1v) is 8.44. The molecule has 0 aliphatic rings. The van der Waals surface area contributed by atoms with E-state index in [9.17, 15) is 19.5 Å². The molecule has 2 atom stereocenters. The van der Waals surface area contributed by atoms with Crippen molar-refractivity contribution in [2.45, 2.75) is 32.9 Å². The Morgan fingerprint density at radius 3 is 2.71 bits per heavy atom. The van der Waals surface area contributed by atoms with Gasteiger partial charge in [0.05, 0.1) is 4.88 Å². The van der Waals surface area contributed by atoms with Crippen molar-refractivity contribution in [3.8, 4) is 10.6 Å². The van der Waals surface area contributed by atoms with Gasteiger partial charge in [-0.2, -0.15) is 5.10 Å². The number of carbonyl (C=O) groups is 2. The highest BCUT2D eigenvalue weighted by molar-refractivity contribution is 7.13. The van der Waals surface area contributed by atoms with Gasteiger partial charge in [0.1, 0.15) is 18.3 Å². The minimum Gasteiger partial charge on any atom is -0.480 e. The molecule has 2 aromatic rings. The second kappa shape index (κ2) is 7.87. The highest BCUT2D eigenvalue weighted by atomic mass is 32.1. The fourth-order valence-corrected chi connectivity index (χ4v) is 2.85. The van der Waals surface area contributed by atoms with E-state index >= 15 is 0 Å². The van der Waals surface area contributed by atoms with Gasteiger partial charge in [-0.25, -0.2) is 9.48 Å². The van der Waals surface area contributed by atoms with Crippen LogP contribution in [0.3, 0.4) is 0 Å². The third kappa shape index (κ3) is 4.29. The lowest BCUT2D eigenvalue weighted by atomic mass is 9.99. The molecule has 2 heterocycles. The average molecular weight is 349 g/mol. The van der Waals surface area contributed by atoms with Crippen LogP contribution in [-0.4, -0.2) is 32.8 Å². The second-order valence-electron chi connectivity index (χ2n) is 5.46. The van der Waals surface area contributed by atoms with Crippen LogP contribution in [0.1, 0.15) is 20.3 Å². The summed E-state index contributed by atoms with van der Waals surface area (Å²) in [6.07, 6.45) is 0.614. The van der Waals surface area contributed by atoms with Gasteiger partial charge in [0.25, 0.3) is 5.56 Å². The highest BCUT2D eigenvalue weighted by Gasteiger charge is 2.25. The Labute approximate surface area is 142 Å². The van der Waals surface area contributed by atoms with Crippen LogP contribution in [0.2, 0.25) is 0 Å². The average Bonchev–Trinajstić information content (AvgIpc) is 3.08. The molecule has 0 fully saturated rings. The van der Waals surface area contributed by atoms with Crippen LogP contribution < -0.4 is 10.9 Å². The molecule has 0 spiro atoms. The van der Waals surface area contributed by atoms with Crippen molar-refractivity contribution in [2.75, 3.05) is 0 Å². The molecule has 0 aromatic carbocycles. The fourth-order valence-electron chi connectivity index (χ4n) is 2.16. The first kappa shape index (κ1) is 17.9. The third-order valence-corrected chi connectivity index (χ3v) is 4.62. The Morgan fingerprint density at radius 1 is 1.38 bits per heavy atom. The Bertz CT molecular complexity index is 770. The van der Waals surface area contributed by atoms with Gasteiger partial charge in [-0.1, -0.05) is 26.3 Å². The third-order valence-electron chi connectivity index (χ3n) is 3.73. The quantitative estimate of drug-likeness (QED) is 0.790. The van der Waals surface area contributed by atoms with E-state index in [-0.39, 0.29) is 12.5 Å². The van der Waals surface area contributed by atoms with Crippen molar-refractivity contribution in [2.24, 2.45) is 5.92 Å². The zero-order valence-electron chi connectivity index (χ0n) is 13.4. The summed E-state index contributed by atoms with van der Waals surface area (Å²) >= 11 is 1.47. The molecular formula is C16H19N3O4S. The molecule has 0 bridgehead atoms. The van der Waals surface area contributed by atoms with Crippen LogP contribution in [0.25, 0.3) is 10.6 Å². The lowest BCUT2D eigenvalue weighted by Crippen LogP contribution is -2.47. The lowest BCUT2D eigenvalue weighted by Gasteiger charge is -2.20. The smallest absolute Gasteiger partial charge is 0.326 e. The molecule has 0 unspecified atom stereocenters. The maximum atomic E-state index is 12.1. The number of carboxylic acid groups (broad SMARTS) is 1. The minimum atomic E-state index is -1.09. The van der Waals surface area contributed by atoms with Gasteiger partial charge in [0.15, 0.2) is 0 Å². The molecule has 0 saturated heterocycles. The maximum Gasteiger partial charge on any atom is 0.326 e.